The summed E-state index contributed by atoms with van der Waals surface area (Å²) in [5.74, 6) is -0.0996. The molecule has 0 aliphatic rings. The second-order valence-corrected chi connectivity index (χ2v) is 6.01. The van der Waals surface area contributed by atoms with Crippen LogP contribution in [-0.2, 0) is 13.0 Å². The molecule has 0 aliphatic carbocycles. The van der Waals surface area contributed by atoms with Crippen molar-refractivity contribution < 1.29 is 9.18 Å². The zero-order valence-electron chi connectivity index (χ0n) is 11.7. The molecule has 4 heteroatoms. The van der Waals surface area contributed by atoms with Crippen LogP contribution in [0.5, 0.6) is 0 Å². The molecule has 0 spiro atoms. The Morgan fingerprint density at radius 1 is 1.20 bits per heavy atom. The largest absolute Gasteiger partial charge is 0.295 e. The highest BCUT2D eigenvalue weighted by molar-refractivity contribution is 7.14. The predicted octanol–water partition coefficient (Wildman–Crippen LogP) is 3.76. The second kappa shape index (κ2) is 6.77. The fraction of sp³-hybridized carbons (Fsp3) is 0.312. The standard InChI is InChI=1S/C16H18FNOS/c1-3-14-8-9-16(20-14)15(19)11-18(2)10-12-4-6-13(17)7-5-12/h4-9H,3,10-11H2,1-2H3. The third-order valence-electron chi connectivity index (χ3n) is 3.06. The number of hydrogen-bond donors (Lipinski definition) is 0. The van der Waals surface area contributed by atoms with Gasteiger partial charge in [-0.05, 0) is 43.3 Å². The van der Waals surface area contributed by atoms with Crippen LogP contribution in [0.3, 0.4) is 0 Å². The van der Waals surface area contributed by atoms with Crippen LogP contribution in [0.25, 0.3) is 0 Å². The molecule has 0 bridgehead atoms. The Hall–Kier alpha value is -1.52. The van der Waals surface area contributed by atoms with E-state index in [1.807, 2.05) is 24.1 Å². The molecule has 0 atom stereocenters. The van der Waals surface area contributed by atoms with Crippen LogP contribution < -0.4 is 0 Å². The van der Waals surface area contributed by atoms with E-state index in [0.717, 1.165) is 16.9 Å². The summed E-state index contributed by atoms with van der Waals surface area (Å²) in [5.41, 5.74) is 1.00. The van der Waals surface area contributed by atoms with E-state index in [1.165, 1.54) is 17.0 Å². The average molecular weight is 291 g/mol. The van der Waals surface area contributed by atoms with Crippen LogP contribution in [0.15, 0.2) is 36.4 Å². The Morgan fingerprint density at radius 3 is 2.50 bits per heavy atom. The van der Waals surface area contributed by atoms with Gasteiger partial charge in [-0.15, -0.1) is 11.3 Å². The lowest BCUT2D eigenvalue weighted by Gasteiger charge is -2.15. The lowest BCUT2D eigenvalue weighted by Crippen LogP contribution is -2.25. The molecule has 0 N–H and O–H groups in total. The van der Waals surface area contributed by atoms with Gasteiger partial charge in [-0.25, -0.2) is 4.39 Å². The van der Waals surface area contributed by atoms with Gasteiger partial charge in [0.2, 0.25) is 0 Å². The topological polar surface area (TPSA) is 20.3 Å². The first-order valence-electron chi connectivity index (χ1n) is 6.63. The fourth-order valence-electron chi connectivity index (χ4n) is 2.00. The van der Waals surface area contributed by atoms with Crippen LogP contribution >= 0.6 is 11.3 Å². The number of carbonyl (C=O) groups is 1. The minimum atomic E-state index is -0.238. The lowest BCUT2D eigenvalue weighted by atomic mass is 10.2. The van der Waals surface area contributed by atoms with E-state index < -0.39 is 0 Å². The molecule has 0 saturated carbocycles. The first-order chi connectivity index (χ1) is 9.58. The predicted molar refractivity (Wildman–Crippen MR) is 80.8 cm³/mol. The minimum absolute atomic E-state index is 0.138. The van der Waals surface area contributed by atoms with Gasteiger partial charge in [0, 0.05) is 11.4 Å². The molecule has 2 nitrogen and oxygen atoms in total. The first-order valence-corrected chi connectivity index (χ1v) is 7.45. The molecule has 1 heterocycles. The van der Waals surface area contributed by atoms with Gasteiger partial charge in [0.1, 0.15) is 5.82 Å². The monoisotopic (exact) mass is 291 g/mol. The van der Waals surface area contributed by atoms with E-state index >= 15 is 0 Å². The molecule has 1 aromatic carbocycles. The summed E-state index contributed by atoms with van der Waals surface area (Å²) in [5, 5.41) is 0. The van der Waals surface area contributed by atoms with E-state index in [0.29, 0.717) is 13.1 Å². The molecule has 0 unspecified atom stereocenters. The summed E-state index contributed by atoms with van der Waals surface area (Å²) < 4.78 is 12.8. The van der Waals surface area contributed by atoms with E-state index in [2.05, 4.69) is 6.92 Å². The van der Waals surface area contributed by atoms with Crippen molar-refractivity contribution in [2.24, 2.45) is 0 Å². The van der Waals surface area contributed by atoms with Crippen LogP contribution in [0.4, 0.5) is 4.39 Å². The molecule has 20 heavy (non-hydrogen) atoms. The van der Waals surface area contributed by atoms with Gasteiger partial charge >= 0.3 is 0 Å². The van der Waals surface area contributed by atoms with Gasteiger partial charge in [0.05, 0.1) is 11.4 Å². The van der Waals surface area contributed by atoms with E-state index in [4.69, 9.17) is 0 Å². The smallest absolute Gasteiger partial charge is 0.186 e. The zero-order valence-corrected chi connectivity index (χ0v) is 12.5. The Bertz CT molecular complexity index is 576. The number of rotatable bonds is 6. The van der Waals surface area contributed by atoms with Crippen molar-refractivity contribution in [3.05, 3.63) is 57.5 Å². The number of nitrogens with zero attached hydrogens (tertiary/aromatic N) is 1. The van der Waals surface area contributed by atoms with Gasteiger partial charge in [-0.3, -0.25) is 9.69 Å². The van der Waals surface area contributed by atoms with Gasteiger partial charge in [-0.2, -0.15) is 0 Å². The van der Waals surface area contributed by atoms with Crippen molar-refractivity contribution in [3.63, 3.8) is 0 Å². The Morgan fingerprint density at radius 2 is 1.90 bits per heavy atom. The number of carbonyl (C=O) groups excluding carboxylic acids is 1. The van der Waals surface area contributed by atoms with Crippen LogP contribution in [-0.4, -0.2) is 24.3 Å². The number of Topliss-reactive ketones (excluding diaryl/α,β-unsaturated/α-hetero) is 1. The van der Waals surface area contributed by atoms with E-state index in [-0.39, 0.29) is 11.6 Å². The number of benzene rings is 1. The third kappa shape index (κ3) is 3.99. The van der Waals surface area contributed by atoms with Crippen molar-refractivity contribution in [2.45, 2.75) is 19.9 Å². The summed E-state index contributed by atoms with van der Waals surface area (Å²) in [7, 11) is 1.90. The molecule has 106 valence electrons. The summed E-state index contributed by atoms with van der Waals surface area (Å²) in [6, 6.07) is 10.3. The summed E-state index contributed by atoms with van der Waals surface area (Å²) in [6.45, 7) is 3.10. The molecule has 2 aromatic rings. The second-order valence-electron chi connectivity index (χ2n) is 4.84. The molecule has 0 radical (unpaired) electrons. The number of aryl methyl sites for hydroxylation is 1. The van der Waals surface area contributed by atoms with Crippen molar-refractivity contribution in [2.75, 3.05) is 13.6 Å². The highest BCUT2D eigenvalue weighted by atomic mass is 32.1. The zero-order chi connectivity index (χ0) is 14.5. The minimum Gasteiger partial charge on any atom is -0.295 e. The summed E-state index contributed by atoms with van der Waals surface area (Å²) >= 11 is 1.57. The first kappa shape index (κ1) is 14.9. The Kier molecular flexibility index (Phi) is 5.04. The van der Waals surface area contributed by atoms with Crippen molar-refractivity contribution >= 4 is 17.1 Å². The summed E-state index contributed by atoms with van der Waals surface area (Å²) in [4.78, 5) is 16.1. The molecule has 1 aromatic heterocycles. The Labute approximate surface area is 122 Å². The average Bonchev–Trinajstić information content (AvgIpc) is 2.90. The quantitative estimate of drug-likeness (QED) is 0.755. The van der Waals surface area contributed by atoms with Gasteiger partial charge in [0.25, 0.3) is 0 Å². The molecule has 0 aliphatic heterocycles. The number of halogens is 1. The fourth-order valence-corrected chi connectivity index (χ4v) is 2.88. The van der Waals surface area contributed by atoms with Crippen molar-refractivity contribution in [3.8, 4) is 0 Å². The molecule has 2 rings (SSSR count). The summed E-state index contributed by atoms with van der Waals surface area (Å²) in [6.07, 6.45) is 0.962. The highest BCUT2D eigenvalue weighted by Crippen LogP contribution is 2.18. The molecule has 0 fully saturated rings. The lowest BCUT2D eigenvalue weighted by molar-refractivity contribution is 0.0947. The van der Waals surface area contributed by atoms with Crippen LogP contribution in [0, 0.1) is 5.82 Å². The molecular weight excluding hydrogens is 273 g/mol. The Balaban J connectivity index is 1.92. The van der Waals surface area contributed by atoms with E-state index in [9.17, 15) is 9.18 Å². The maximum absolute atomic E-state index is 12.8. The van der Waals surface area contributed by atoms with Crippen LogP contribution in [0.1, 0.15) is 27.0 Å². The SMILES string of the molecule is CCc1ccc(C(=O)CN(C)Cc2ccc(F)cc2)s1. The normalized spacial score (nSPS) is 11.0. The highest BCUT2D eigenvalue weighted by Gasteiger charge is 2.12. The maximum atomic E-state index is 12.8. The van der Waals surface area contributed by atoms with Gasteiger partial charge < -0.3 is 0 Å². The van der Waals surface area contributed by atoms with Crippen molar-refractivity contribution in [1.29, 1.82) is 0 Å². The third-order valence-corrected chi connectivity index (χ3v) is 4.33. The molecule has 0 amide bonds. The van der Waals surface area contributed by atoms with E-state index in [1.54, 1.807) is 23.5 Å². The number of thiophene rings is 1. The molecule has 0 saturated heterocycles. The number of likely N-dealkylation sites (N-methyl/N-ethyl adjacent to an activating group) is 1. The van der Waals surface area contributed by atoms with Crippen molar-refractivity contribution in [1.82, 2.24) is 4.90 Å². The van der Waals surface area contributed by atoms with Gasteiger partial charge in [0.15, 0.2) is 5.78 Å². The number of hydrogen-bond acceptors (Lipinski definition) is 3. The van der Waals surface area contributed by atoms with Crippen LogP contribution in [0.2, 0.25) is 0 Å². The molecular formula is C16H18FNOS. The maximum Gasteiger partial charge on any atom is 0.186 e. The number of ketones is 1. The van der Waals surface area contributed by atoms with Gasteiger partial charge in [-0.1, -0.05) is 19.1 Å².